The molecular weight excluding hydrogens is 346 g/mol. The van der Waals surface area contributed by atoms with E-state index in [9.17, 15) is 14.4 Å². The van der Waals surface area contributed by atoms with Gasteiger partial charge < -0.3 is 14.2 Å². The Hall–Kier alpha value is -2.87. The van der Waals surface area contributed by atoms with Crippen LogP contribution in [-0.4, -0.2) is 31.2 Å². The van der Waals surface area contributed by atoms with Gasteiger partial charge in [0.05, 0.1) is 7.11 Å². The largest absolute Gasteiger partial charge is 0.488 e. The number of methoxy groups -OCH3 is 1. The van der Waals surface area contributed by atoms with Crippen molar-refractivity contribution < 1.29 is 28.6 Å². The molecule has 0 saturated carbocycles. The molecule has 2 aromatic rings. The molecule has 1 aromatic heterocycles. The quantitative estimate of drug-likeness (QED) is 0.846. The minimum Gasteiger partial charge on any atom is -0.488 e. The molecule has 0 aliphatic carbocycles. The molecule has 0 bridgehead atoms. The zero-order valence-electron chi connectivity index (χ0n) is 13.5. The number of nitrogens with one attached hydrogen (secondary N) is 1. The molecule has 1 atom stereocenters. The van der Waals surface area contributed by atoms with E-state index in [-0.39, 0.29) is 0 Å². The van der Waals surface area contributed by atoms with Gasteiger partial charge in [0.1, 0.15) is 17.2 Å². The number of para-hydroxylation sites is 1. The molecule has 0 fully saturated rings. The van der Waals surface area contributed by atoms with Crippen LogP contribution >= 0.6 is 11.3 Å². The minimum absolute atomic E-state index is 0.364. The highest BCUT2D eigenvalue weighted by molar-refractivity contribution is 7.17. The second kappa shape index (κ2) is 6.94. The normalized spacial score (nSPS) is 12.9. The summed E-state index contributed by atoms with van der Waals surface area (Å²) in [6.07, 6.45) is -2.04. The number of benzene rings is 1. The van der Waals surface area contributed by atoms with E-state index in [0.717, 1.165) is 28.9 Å². The van der Waals surface area contributed by atoms with Gasteiger partial charge in [0, 0.05) is 16.0 Å². The van der Waals surface area contributed by atoms with Gasteiger partial charge in [-0.05, 0) is 25.1 Å². The first-order valence-electron chi connectivity index (χ1n) is 7.44. The highest BCUT2D eigenvalue weighted by Crippen LogP contribution is 2.42. The van der Waals surface area contributed by atoms with Crippen molar-refractivity contribution in [2.45, 2.75) is 19.6 Å². The molecule has 8 heteroatoms. The third-order valence-electron chi connectivity index (χ3n) is 3.59. The third-order valence-corrected chi connectivity index (χ3v) is 4.78. The van der Waals surface area contributed by atoms with Crippen molar-refractivity contribution in [2.24, 2.45) is 0 Å². The van der Waals surface area contributed by atoms with Crippen LogP contribution in [0.3, 0.4) is 0 Å². The maximum Gasteiger partial charge on any atom is 0.413 e. The third kappa shape index (κ3) is 3.48. The first kappa shape index (κ1) is 17.0. The molecule has 1 aliphatic heterocycles. The van der Waals surface area contributed by atoms with Gasteiger partial charge in [0.15, 0.2) is 6.10 Å². The standard InChI is InChI=1S/C17H15NO6S/c1-9(15(19)18-17(21)22-2)24-16(20)13-7-10-8-23-12-6-4-3-5-11(12)14(10)25-13/h3-7,9H,8H2,1-2H3,(H,18,19,21)/t9-/m1/s1. The summed E-state index contributed by atoms with van der Waals surface area (Å²) in [5.41, 5.74) is 1.81. The Kier molecular flexibility index (Phi) is 4.71. The molecule has 2 heterocycles. The van der Waals surface area contributed by atoms with E-state index in [1.54, 1.807) is 6.07 Å². The first-order valence-corrected chi connectivity index (χ1v) is 8.26. The molecular formula is C17H15NO6S. The molecule has 0 saturated heterocycles. The fourth-order valence-electron chi connectivity index (χ4n) is 2.33. The molecule has 0 radical (unpaired) electrons. The SMILES string of the molecule is COC(=O)NC(=O)[C@@H](C)OC(=O)c1cc2c(s1)-c1ccccc1OC2. The number of rotatable bonds is 3. The smallest absolute Gasteiger partial charge is 0.413 e. The number of carbonyl (C=O) groups is 3. The fraction of sp³-hybridized carbons (Fsp3) is 0.235. The lowest BCUT2D eigenvalue weighted by Gasteiger charge is -2.16. The van der Waals surface area contributed by atoms with Crippen LogP contribution in [-0.2, 0) is 20.9 Å². The van der Waals surface area contributed by atoms with E-state index in [1.165, 1.54) is 18.3 Å². The van der Waals surface area contributed by atoms with E-state index in [1.807, 2.05) is 29.6 Å². The van der Waals surface area contributed by atoms with Gasteiger partial charge in [-0.25, -0.2) is 9.59 Å². The average molecular weight is 361 g/mol. The molecule has 7 nitrogen and oxygen atoms in total. The summed E-state index contributed by atoms with van der Waals surface area (Å²) in [4.78, 5) is 36.4. The lowest BCUT2D eigenvalue weighted by atomic mass is 10.1. The Morgan fingerprint density at radius 2 is 2.04 bits per heavy atom. The minimum atomic E-state index is -1.13. The lowest BCUT2D eigenvalue weighted by molar-refractivity contribution is -0.128. The van der Waals surface area contributed by atoms with Crippen molar-refractivity contribution in [3.05, 3.63) is 40.8 Å². The molecule has 1 aliphatic rings. The van der Waals surface area contributed by atoms with Crippen LogP contribution in [0, 0.1) is 0 Å². The van der Waals surface area contributed by atoms with Gasteiger partial charge in [0.2, 0.25) is 0 Å². The van der Waals surface area contributed by atoms with Crippen LogP contribution in [0.5, 0.6) is 5.75 Å². The molecule has 25 heavy (non-hydrogen) atoms. The van der Waals surface area contributed by atoms with Crippen LogP contribution in [0.2, 0.25) is 0 Å². The molecule has 1 aromatic carbocycles. The molecule has 3 rings (SSSR count). The number of carbonyl (C=O) groups excluding carboxylic acids is 3. The highest BCUT2D eigenvalue weighted by atomic mass is 32.1. The van der Waals surface area contributed by atoms with E-state index in [0.29, 0.717) is 11.5 Å². The summed E-state index contributed by atoms with van der Waals surface area (Å²) in [6.45, 7) is 1.75. The van der Waals surface area contributed by atoms with E-state index in [2.05, 4.69) is 4.74 Å². The number of esters is 1. The lowest BCUT2D eigenvalue weighted by Crippen LogP contribution is -2.39. The van der Waals surface area contributed by atoms with Crippen molar-refractivity contribution in [3.8, 4) is 16.2 Å². The monoisotopic (exact) mass is 361 g/mol. The highest BCUT2D eigenvalue weighted by Gasteiger charge is 2.26. The van der Waals surface area contributed by atoms with E-state index >= 15 is 0 Å². The molecule has 0 unspecified atom stereocenters. The van der Waals surface area contributed by atoms with Crippen molar-refractivity contribution in [3.63, 3.8) is 0 Å². The number of hydrogen-bond donors (Lipinski definition) is 1. The summed E-state index contributed by atoms with van der Waals surface area (Å²) in [6, 6.07) is 9.27. The summed E-state index contributed by atoms with van der Waals surface area (Å²) >= 11 is 1.28. The number of ether oxygens (including phenoxy) is 3. The Morgan fingerprint density at radius 1 is 1.28 bits per heavy atom. The fourth-order valence-corrected chi connectivity index (χ4v) is 3.41. The zero-order valence-corrected chi connectivity index (χ0v) is 14.3. The van der Waals surface area contributed by atoms with Crippen molar-refractivity contribution in [1.29, 1.82) is 0 Å². The second-order valence-corrected chi connectivity index (χ2v) is 6.33. The van der Waals surface area contributed by atoms with Gasteiger partial charge in [-0.15, -0.1) is 11.3 Å². The molecule has 130 valence electrons. The van der Waals surface area contributed by atoms with E-state index < -0.39 is 24.1 Å². The molecule has 0 spiro atoms. The van der Waals surface area contributed by atoms with Gasteiger partial charge in [-0.3, -0.25) is 10.1 Å². The number of thiophene rings is 1. The van der Waals surface area contributed by atoms with E-state index in [4.69, 9.17) is 9.47 Å². The molecule has 2 amide bonds. The molecule has 1 N–H and O–H groups in total. The summed E-state index contributed by atoms with van der Waals surface area (Å²) in [5.74, 6) is -0.623. The number of imide groups is 1. The summed E-state index contributed by atoms with van der Waals surface area (Å²) < 4.78 is 15.1. The van der Waals surface area contributed by atoms with Crippen molar-refractivity contribution in [2.75, 3.05) is 7.11 Å². The first-order chi connectivity index (χ1) is 12.0. The van der Waals surface area contributed by atoms with Gasteiger partial charge >= 0.3 is 12.1 Å². The Labute approximate surface area is 147 Å². The maximum atomic E-state index is 12.3. The summed E-state index contributed by atoms with van der Waals surface area (Å²) in [5, 5.41) is 1.95. The van der Waals surface area contributed by atoms with Crippen LogP contribution in [0.25, 0.3) is 10.4 Å². The maximum absolute atomic E-state index is 12.3. The average Bonchev–Trinajstić information content (AvgIpc) is 3.06. The van der Waals surface area contributed by atoms with Crippen LogP contribution in [0.1, 0.15) is 22.2 Å². The second-order valence-electron chi connectivity index (χ2n) is 5.28. The number of alkyl carbamates (subject to hydrolysis) is 1. The number of amides is 2. The van der Waals surface area contributed by atoms with Crippen LogP contribution in [0.4, 0.5) is 4.79 Å². The zero-order chi connectivity index (χ0) is 18.0. The van der Waals surface area contributed by atoms with Gasteiger partial charge in [-0.2, -0.15) is 0 Å². The predicted octanol–water partition coefficient (Wildman–Crippen LogP) is 2.74. The van der Waals surface area contributed by atoms with Crippen molar-refractivity contribution >= 4 is 29.3 Å². The number of hydrogen-bond acceptors (Lipinski definition) is 7. The van der Waals surface area contributed by atoms with Crippen molar-refractivity contribution in [1.82, 2.24) is 5.32 Å². The Balaban J connectivity index is 1.74. The Bertz CT molecular complexity index is 843. The van der Waals surface area contributed by atoms with Gasteiger partial charge in [-0.1, -0.05) is 12.1 Å². The Morgan fingerprint density at radius 3 is 2.80 bits per heavy atom. The topological polar surface area (TPSA) is 90.9 Å². The van der Waals surface area contributed by atoms with Crippen LogP contribution in [0.15, 0.2) is 30.3 Å². The number of fused-ring (bicyclic) bond motifs is 3. The summed E-state index contributed by atoms with van der Waals surface area (Å²) in [7, 11) is 1.13. The van der Waals surface area contributed by atoms with Crippen LogP contribution < -0.4 is 10.1 Å². The van der Waals surface area contributed by atoms with Gasteiger partial charge in [0.25, 0.3) is 5.91 Å². The predicted molar refractivity (Wildman–Crippen MR) is 89.5 cm³/mol.